The Labute approximate surface area is 140 Å². The minimum atomic E-state index is -0.475. The lowest BCUT2D eigenvalue weighted by molar-refractivity contribution is -0.383. The van der Waals surface area contributed by atoms with Gasteiger partial charge in [-0.3, -0.25) is 14.9 Å². The molecule has 0 aromatic heterocycles. The first-order valence-corrected chi connectivity index (χ1v) is 8.05. The first-order chi connectivity index (χ1) is 11.6. The van der Waals surface area contributed by atoms with Gasteiger partial charge in [0.25, 0.3) is 11.6 Å². The molecule has 0 saturated heterocycles. The number of carbonyl (C=O) groups is 1. The molecule has 124 valence electrons. The van der Waals surface area contributed by atoms with Crippen molar-refractivity contribution in [2.24, 2.45) is 0 Å². The minimum Gasteiger partial charge on any atom is -0.350 e. The van der Waals surface area contributed by atoms with E-state index < -0.39 is 4.92 Å². The third-order valence-corrected chi connectivity index (χ3v) is 4.20. The van der Waals surface area contributed by atoms with Gasteiger partial charge in [-0.25, -0.2) is 0 Å². The number of amides is 1. The van der Waals surface area contributed by atoms with Crippen LogP contribution in [0.15, 0.2) is 48.5 Å². The highest BCUT2D eigenvalue weighted by atomic mass is 16.6. The van der Waals surface area contributed by atoms with E-state index in [1.807, 2.05) is 30.3 Å². The van der Waals surface area contributed by atoms with Gasteiger partial charge < -0.3 is 10.6 Å². The Morgan fingerprint density at radius 1 is 1.08 bits per heavy atom. The summed E-state index contributed by atoms with van der Waals surface area (Å²) >= 11 is 0. The summed E-state index contributed by atoms with van der Waals surface area (Å²) in [5.41, 5.74) is 1.32. The standard InChI is InChI=1S/C18H19N3O3/c22-18(20-15-8-4-5-9-15)13-10-11-16(17(12-13)21(23)24)19-14-6-2-1-3-7-14/h1-3,6-7,10-12,15,19H,4-5,8-9H2,(H,20,22). The molecule has 2 aromatic carbocycles. The zero-order chi connectivity index (χ0) is 16.9. The lowest BCUT2D eigenvalue weighted by Gasteiger charge is -2.13. The lowest BCUT2D eigenvalue weighted by Crippen LogP contribution is -2.32. The molecular formula is C18H19N3O3. The van der Waals surface area contributed by atoms with Crippen molar-refractivity contribution >= 4 is 23.0 Å². The molecule has 0 radical (unpaired) electrons. The number of hydrogen-bond acceptors (Lipinski definition) is 4. The van der Waals surface area contributed by atoms with Gasteiger partial charge in [0.15, 0.2) is 0 Å². The second kappa shape index (κ2) is 7.12. The van der Waals surface area contributed by atoms with E-state index in [-0.39, 0.29) is 17.6 Å². The summed E-state index contributed by atoms with van der Waals surface area (Å²) in [5, 5.41) is 17.3. The summed E-state index contributed by atoms with van der Waals surface area (Å²) in [6.45, 7) is 0. The lowest BCUT2D eigenvalue weighted by atomic mass is 10.1. The third kappa shape index (κ3) is 3.71. The molecule has 0 aliphatic heterocycles. The number of nitro groups is 1. The van der Waals surface area contributed by atoms with E-state index in [9.17, 15) is 14.9 Å². The predicted octanol–water partition coefficient (Wildman–Crippen LogP) is 4.01. The highest BCUT2D eigenvalue weighted by Gasteiger charge is 2.21. The van der Waals surface area contributed by atoms with Crippen LogP contribution < -0.4 is 10.6 Å². The largest absolute Gasteiger partial charge is 0.350 e. The Morgan fingerprint density at radius 3 is 2.46 bits per heavy atom. The molecule has 1 saturated carbocycles. The second-order valence-corrected chi connectivity index (χ2v) is 5.93. The topological polar surface area (TPSA) is 84.3 Å². The summed E-state index contributed by atoms with van der Waals surface area (Å²) in [5.74, 6) is -0.253. The number of para-hydroxylation sites is 1. The van der Waals surface area contributed by atoms with Gasteiger partial charge in [0, 0.05) is 23.4 Å². The van der Waals surface area contributed by atoms with Crippen LogP contribution in [0.25, 0.3) is 0 Å². The Kier molecular flexibility index (Phi) is 4.74. The van der Waals surface area contributed by atoms with Crippen LogP contribution in [0.4, 0.5) is 17.1 Å². The number of nitrogens with zero attached hydrogens (tertiary/aromatic N) is 1. The molecule has 0 spiro atoms. The van der Waals surface area contributed by atoms with Gasteiger partial charge in [-0.2, -0.15) is 0 Å². The molecule has 1 aliphatic carbocycles. The molecule has 0 atom stereocenters. The fraction of sp³-hybridized carbons (Fsp3) is 0.278. The van der Waals surface area contributed by atoms with Crippen LogP contribution in [0.3, 0.4) is 0 Å². The molecule has 0 bridgehead atoms. The number of nitro benzene ring substituents is 1. The maximum absolute atomic E-state index is 12.3. The summed E-state index contributed by atoms with van der Waals surface area (Å²) < 4.78 is 0. The number of rotatable bonds is 5. The molecule has 1 aliphatic rings. The highest BCUT2D eigenvalue weighted by Crippen LogP contribution is 2.29. The van der Waals surface area contributed by atoms with Crippen molar-refractivity contribution in [3.05, 3.63) is 64.2 Å². The zero-order valence-corrected chi connectivity index (χ0v) is 13.2. The van der Waals surface area contributed by atoms with Gasteiger partial charge in [-0.05, 0) is 37.1 Å². The molecule has 2 aromatic rings. The number of hydrogen-bond donors (Lipinski definition) is 2. The number of benzene rings is 2. The monoisotopic (exact) mass is 325 g/mol. The van der Waals surface area contributed by atoms with E-state index in [2.05, 4.69) is 10.6 Å². The van der Waals surface area contributed by atoms with Gasteiger partial charge >= 0.3 is 0 Å². The Morgan fingerprint density at radius 2 is 1.79 bits per heavy atom. The first kappa shape index (κ1) is 16.0. The van der Waals surface area contributed by atoms with Gasteiger partial charge in [0.05, 0.1) is 4.92 Å². The smallest absolute Gasteiger partial charge is 0.293 e. The van der Waals surface area contributed by atoms with E-state index in [1.165, 1.54) is 6.07 Å². The molecule has 1 amide bonds. The van der Waals surface area contributed by atoms with Crippen LogP contribution in [0.2, 0.25) is 0 Å². The third-order valence-electron chi connectivity index (χ3n) is 4.20. The van der Waals surface area contributed by atoms with Gasteiger partial charge in [-0.1, -0.05) is 31.0 Å². The molecule has 6 heteroatoms. The SMILES string of the molecule is O=C(NC1CCCC1)c1ccc(Nc2ccccc2)c([N+](=O)[O-])c1. The molecule has 0 heterocycles. The van der Waals surface area contributed by atoms with E-state index in [1.54, 1.807) is 12.1 Å². The predicted molar refractivity (Wildman–Crippen MR) is 92.5 cm³/mol. The zero-order valence-electron chi connectivity index (χ0n) is 13.2. The van der Waals surface area contributed by atoms with Crippen LogP contribution in [0.5, 0.6) is 0 Å². The summed E-state index contributed by atoms with van der Waals surface area (Å²) in [6, 6.07) is 13.9. The highest BCUT2D eigenvalue weighted by molar-refractivity contribution is 5.96. The van der Waals surface area contributed by atoms with Crippen molar-refractivity contribution in [3.63, 3.8) is 0 Å². The Bertz CT molecular complexity index is 740. The Hall–Kier alpha value is -2.89. The van der Waals surface area contributed by atoms with Crippen molar-refractivity contribution in [2.75, 3.05) is 5.32 Å². The fourth-order valence-electron chi connectivity index (χ4n) is 2.95. The first-order valence-electron chi connectivity index (χ1n) is 8.05. The second-order valence-electron chi connectivity index (χ2n) is 5.93. The van der Waals surface area contributed by atoms with Crippen LogP contribution in [-0.2, 0) is 0 Å². The maximum atomic E-state index is 12.3. The van der Waals surface area contributed by atoms with Crippen molar-refractivity contribution in [1.82, 2.24) is 5.32 Å². The minimum absolute atomic E-state index is 0.113. The van der Waals surface area contributed by atoms with E-state index in [0.717, 1.165) is 31.4 Å². The van der Waals surface area contributed by atoms with E-state index in [0.29, 0.717) is 11.3 Å². The summed E-state index contributed by atoms with van der Waals surface area (Å²) in [7, 11) is 0. The molecule has 0 unspecified atom stereocenters. The molecule has 1 fully saturated rings. The van der Waals surface area contributed by atoms with Gasteiger partial charge in [0.1, 0.15) is 5.69 Å². The molecular weight excluding hydrogens is 306 g/mol. The molecule has 6 nitrogen and oxygen atoms in total. The average Bonchev–Trinajstić information content (AvgIpc) is 3.09. The van der Waals surface area contributed by atoms with Crippen molar-refractivity contribution in [1.29, 1.82) is 0 Å². The summed E-state index contributed by atoms with van der Waals surface area (Å²) in [6.07, 6.45) is 4.18. The average molecular weight is 325 g/mol. The van der Waals surface area contributed by atoms with Gasteiger partial charge in [-0.15, -0.1) is 0 Å². The van der Waals surface area contributed by atoms with Crippen LogP contribution in [0.1, 0.15) is 36.0 Å². The van der Waals surface area contributed by atoms with E-state index in [4.69, 9.17) is 0 Å². The molecule has 3 rings (SSSR count). The van der Waals surface area contributed by atoms with Crippen molar-refractivity contribution < 1.29 is 9.72 Å². The Balaban J connectivity index is 1.81. The normalized spacial score (nSPS) is 14.3. The van der Waals surface area contributed by atoms with Gasteiger partial charge in [0.2, 0.25) is 0 Å². The maximum Gasteiger partial charge on any atom is 0.293 e. The van der Waals surface area contributed by atoms with Crippen molar-refractivity contribution in [2.45, 2.75) is 31.7 Å². The summed E-state index contributed by atoms with van der Waals surface area (Å²) in [4.78, 5) is 23.2. The van der Waals surface area contributed by atoms with Crippen LogP contribution in [-0.4, -0.2) is 16.9 Å². The van der Waals surface area contributed by atoms with Crippen LogP contribution in [0, 0.1) is 10.1 Å². The number of anilines is 2. The van der Waals surface area contributed by atoms with Crippen molar-refractivity contribution in [3.8, 4) is 0 Å². The van der Waals surface area contributed by atoms with E-state index >= 15 is 0 Å². The molecule has 2 N–H and O–H groups in total. The van der Waals surface area contributed by atoms with Crippen LogP contribution >= 0.6 is 0 Å². The fourth-order valence-corrected chi connectivity index (χ4v) is 2.95. The number of nitrogens with one attached hydrogen (secondary N) is 2. The quantitative estimate of drug-likeness (QED) is 0.642. The molecule has 24 heavy (non-hydrogen) atoms. The number of carbonyl (C=O) groups excluding carboxylic acids is 1.